The van der Waals surface area contributed by atoms with Gasteiger partial charge in [-0.2, -0.15) is 0 Å². The van der Waals surface area contributed by atoms with Crippen molar-refractivity contribution >= 4 is 17.8 Å². The number of ether oxygens (including phenoxy) is 1. The normalized spacial score (nSPS) is 10.4. The minimum absolute atomic E-state index is 0.00346. The van der Waals surface area contributed by atoms with Crippen LogP contribution >= 0.6 is 0 Å². The van der Waals surface area contributed by atoms with E-state index in [1.165, 1.54) is 4.90 Å². The molecule has 1 aromatic carbocycles. The molecule has 0 saturated carbocycles. The van der Waals surface area contributed by atoms with Crippen molar-refractivity contribution in [3.63, 3.8) is 0 Å². The number of aromatic nitrogens is 1. The van der Waals surface area contributed by atoms with E-state index < -0.39 is 5.97 Å². The molecule has 29 heavy (non-hydrogen) atoms. The van der Waals surface area contributed by atoms with Crippen molar-refractivity contribution in [2.75, 3.05) is 25.1 Å². The van der Waals surface area contributed by atoms with E-state index >= 15 is 0 Å². The monoisotopic (exact) mass is 399 g/mol. The van der Waals surface area contributed by atoms with Crippen LogP contribution in [0.2, 0.25) is 0 Å². The summed E-state index contributed by atoms with van der Waals surface area (Å²) < 4.78 is 5.71. The van der Waals surface area contributed by atoms with E-state index in [4.69, 9.17) is 9.84 Å². The van der Waals surface area contributed by atoms with Crippen molar-refractivity contribution in [3.8, 4) is 17.0 Å². The minimum Gasteiger partial charge on any atom is -0.494 e. The molecule has 2 rings (SSSR count). The second-order valence-electron chi connectivity index (χ2n) is 6.63. The number of carboxylic acid groups (broad SMARTS) is 1. The van der Waals surface area contributed by atoms with Crippen molar-refractivity contribution in [2.45, 2.75) is 39.5 Å². The van der Waals surface area contributed by atoms with Gasteiger partial charge in [-0.05, 0) is 38.0 Å². The zero-order chi connectivity index (χ0) is 21.2. The van der Waals surface area contributed by atoms with Gasteiger partial charge in [0.25, 0.3) is 0 Å². The van der Waals surface area contributed by atoms with Crippen LogP contribution in [0.1, 0.15) is 38.7 Å². The summed E-state index contributed by atoms with van der Waals surface area (Å²) in [6.45, 7) is 5.06. The molecule has 156 valence electrons. The fourth-order valence-electron chi connectivity index (χ4n) is 2.94. The molecule has 0 fully saturated rings. The summed E-state index contributed by atoms with van der Waals surface area (Å²) in [4.78, 5) is 29.6. The maximum absolute atomic E-state index is 12.3. The molecule has 0 unspecified atom stereocenters. The number of hydrogen-bond donors (Lipinski definition) is 2. The van der Waals surface area contributed by atoms with Crippen LogP contribution in [0.3, 0.4) is 0 Å². The molecule has 1 aromatic heterocycles. The molecule has 0 atom stereocenters. The molecule has 0 bridgehead atoms. The van der Waals surface area contributed by atoms with Gasteiger partial charge in [-0.1, -0.05) is 31.5 Å². The number of nitrogens with zero attached hydrogens (tertiary/aromatic N) is 2. The highest BCUT2D eigenvalue weighted by Gasteiger charge is 2.16. The number of carbonyl (C=O) groups is 2. The molecule has 2 aromatic rings. The molecule has 0 aliphatic heterocycles. The maximum Gasteiger partial charge on any atom is 0.322 e. The first-order valence-electron chi connectivity index (χ1n) is 9.93. The number of unbranched alkanes of at least 4 members (excludes halogenated alkanes) is 1. The van der Waals surface area contributed by atoms with E-state index in [0.717, 1.165) is 24.0 Å². The number of rotatable bonds is 10. The van der Waals surface area contributed by atoms with Crippen molar-refractivity contribution in [1.29, 1.82) is 0 Å². The van der Waals surface area contributed by atoms with Gasteiger partial charge in [-0.15, -0.1) is 0 Å². The van der Waals surface area contributed by atoms with E-state index in [1.54, 1.807) is 13.1 Å². The highest BCUT2D eigenvalue weighted by Crippen LogP contribution is 2.32. The number of aliphatic carboxylic acids is 1. The number of anilines is 1. The third kappa shape index (κ3) is 6.20. The highest BCUT2D eigenvalue weighted by molar-refractivity contribution is 5.90. The molecule has 0 saturated heterocycles. The molecule has 1 heterocycles. The SMILES string of the molecule is CCCCNC(=O)N(C)c1cccc(-c2cccc(OCC)c2CCC(=O)O)n1. The van der Waals surface area contributed by atoms with Gasteiger partial charge in [0.05, 0.1) is 12.3 Å². The highest BCUT2D eigenvalue weighted by atomic mass is 16.5. The minimum atomic E-state index is -0.868. The summed E-state index contributed by atoms with van der Waals surface area (Å²) >= 11 is 0. The van der Waals surface area contributed by atoms with Gasteiger partial charge >= 0.3 is 12.0 Å². The van der Waals surface area contributed by atoms with Crippen LogP contribution in [0.5, 0.6) is 5.75 Å². The summed E-state index contributed by atoms with van der Waals surface area (Å²) in [6.07, 6.45) is 2.26. The average molecular weight is 399 g/mol. The first-order valence-corrected chi connectivity index (χ1v) is 9.93. The average Bonchev–Trinajstić information content (AvgIpc) is 2.72. The van der Waals surface area contributed by atoms with Gasteiger partial charge in [0, 0.05) is 31.1 Å². The molecule has 2 N–H and O–H groups in total. The number of amides is 2. The summed E-state index contributed by atoms with van der Waals surface area (Å²) in [5, 5.41) is 12.0. The summed E-state index contributed by atoms with van der Waals surface area (Å²) in [5.74, 6) is 0.305. The van der Waals surface area contributed by atoms with Crippen molar-refractivity contribution in [2.24, 2.45) is 0 Å². The lowest BCUT2D eigenvalue weighted by atomic mass is 9.98. The smallest absolute Gasteiger partial charge is 0.322 e. The topological polar surface area (TPSA) is 91.8 Å². The largest absolute Gasteiger partial charge is 0.494 e. The fraction of sp³-hybridized carbons (Fsp3) is 0.409. The van der Waals surface area contributed by atoms with Crippen LogP contribution in [-0.4, -0.2) is 42.3 Å². The lowest BCUT2D eigenvalue weighted by Crippen LogP contribution is -2.38. The van der Waals surface area contributed by atoms with Crippen LogP contribution in [0.25, 0.3) is 11.3 Å². The van der Waals surface area contributed by atoms with Gasteiger partial charge in [-0.3, -0.25) is 9.69 Å². The number of urea groups is 1. The zero-order valence-corrected chi connectivity index (χ0v) is 17.3. The Hall–Kier alpha value is -3.09. The molecule has 0 aliphatic carbocycles. The molecule has 7 heteroatoms. The summed E-state index contributed by atoms with van der Waals surface area (Å²) in [7, 11) is 1.68. The van der Waals surface area contributed by atoms with Crippen molar-refractivity contribution in [1.82, 2.24) is 10.3 Å². The summed E-state index contributed by atoms with van der Waals surface area (Å²) in [5.41, 5.74) is 2.27. The molecule has 0 spiro atoms. The number of nitrogens with one attached hydrogen (secondary N) is 1. The van der Waals surface area contributed by atoms with Crippen LogP contribution in [0.4, 0.5) is 10.6 Å². The van der Waals surface area contributed by atoms with E-state index in [2.05, 4.69) is 17.2 Å². The van der Waals surface area contributed by atoms with E-state index in [0.29, 0.717) is 36.8 Å². The third-order valence-corrected chi connectivity index (χ3v) is 4.49. The number of benzene rings is 1. The first-order chi connectivity index (χ1) is 14.0. The Bertz CT molecular complexity index is 839. The lowest BCUT2D eigenvalue weighted by molar-refractivity contribution is -0.136. The Kier molecular flexibility index (Phi) is 8.45. The van der Waals surface area contributed by atoms with Gasteiger partial charge < -0.3 is 15.2 Å². The fourth-order valence-corrected chi connectivity index (χ4v) is 2.94. The van der Waals surface area contributed by atoms with Gasteiger partial charge in [0.2, 0.25) is 0 Å². The van der Waals surface area contributed by atoms with Gasteiger partial charge in [0.15, 0.2) is 0 Å². The van der Waals surface area contributed by atoms with E-state index in [-0.39, 0.29) is 12.5 Å². The van der Waals surface area contributed by atoms with Crippen LogP contribution in [0.15, 0.2) is 36.4 Å². The summed E-state index contributed by atoms with van der Waals surface area (Å²) in [6, 6.07) is 10.8. The maximum atomic E-state index is 12.3. The second kappa shape index (κ2) is 11.0. The van der Waals surface area contributed by atoms with Crippen molar-refractivity contribution in [3.05, 3.63) is 42.0 Å². The standard InChI is InChI=1S/C22H29N3O4/c1-4-6-15-23-22(28)25(3)20-12-8-10-18(24-20)16-9-7-11-19(29-5-2)17(16)13-14-21(26)27/h7-12H,4-6,13-15H2,1-3H3,(H,23,28)(H,26,27). The molecular formula is C22H29N3O4. The van der Waals surface area contributed by atoms with Gasteiger partial charge in [-0.25, -0.2) is 9.78 Å². The Labute approximate surface area is 171 Å². The van der Waals surface area contributed by atoms with Crippen LogP contribution in [-0.2, 0) is 11.2 Å². The molecule has 2 amide bonds. The number of carbonyl (C=O) groups excluding carboxylic acids is 1. The first kappa shape index (κ1) is 22.2. The molecule has 0 radical (unpaired) electrons. The Balaban J connectivity index is 2.34. The lowest BCUT2D eigenvalue weighted by Gasteiger charge is -2.19. The number of pyridine rings is 1. The van der Waals surface area contributed by atoms with Crippen molar-refractivity contribution < 1.29 is 19.4 Å². The molecular weight excluding hydrogens is 370 g/mol. The zero-order valence-electron chi connectivity index (χ0n) is 17.3. The van der Waals surface area contributed by atoms with Crippen LogP contribution < -0.4 is 15.0 Å². The van der Waals surface area contributed by atoms with E-state index in [1.807, 2.05) is 37.3 Å². The second-order valence-corrected chi connectivity index (χ2v) is 6.63. The predicted molar refractivity (Wildman–Crippen MR) is 114 cm³/mol. The Morgan fingerprint density at radius 1 is 1.17 bits per heavy atom. The number of hydrogen-bond acceptors (Lipinski definition) is 4. The molecule has 7 nitrogen and oxygen atoms in total. The Morgan fingerprint density at radius 2 is 1.93 bits per heavy atom. The number of carboxylic acids is 1. The van der Waals surface area contributed by atoms with E-state index in [9.17, 15) is 9.59 Å². The third-order valence-electron chi connectivity index (χ3n) is 4.49. The van der Waals surface area contributed by atoms with Gasteiger partial charge in [0.1, 0.15) is 11.6 Å². The van der Waals surface area contributed by atoms with Crippen LogP contribution in [0, 0.1) is 0 Å². The molecule has 0 aliphatic rings. The Morgan fingerprint density at radius 3 is 2.62 bits per heavy atom. The predicted octanol–water partition coefficient (Wildman–Crippen LogP) is 4.11. The quantitative estimate of drug-likeness (QED) is 0.587.